The molecule has 0 bridgehead atoms. The molecule has 5 nitrogen and oxygen atoms in total. The molecular formula is C21H31N5. The number of benzene rings is 1. The third-order valence-corrected chi connectivity index (χ3v) is 5.33. The maximum atomic E-state index is 6.44. The molecule has 0 atom stereocenters. The number of hydrogen-bond acceptors (Lipinski definition) is 5. The van der Waals surface area contributed by atoms with E-state index in [1.54, 1.807) is 6.33 Å². The Kier molecular flexibility index (Phi) is 6.31. The molecular weight excluding hydrogens is 322 g/mol. The summed E-state index contributed by atoms with van der Waals surface area (Å²) in [7, 11) is 2.06. The van der Waals surface area contributed by atoms with E-state index in [1.807, 2.05) is 0 Å². The topological polar surface area (TPSA) is 58.3 Å². The van der Waals surface area contributed by atoms with Crippen molar-refractivity contribution in [2.45, 2.75) is 39.0 Å². The highest BCUT2D eigenvalue weighted by molar-refractivity contribution is 5.75. The van der Waals surface area contributed by atoms with Crippen LogP contribution in [0.15, 0.2) is 36.7 Å². The number of piperidine rings is 1. The van der Waals surface area contributed by atoms with Gasteiger partial charge in [-0.25, -0.2) is 9.97 Å². The van der Waals surface area contributed by atoms with Gasteiger partial charge in [0.05, 0.1) is 0 Å². The summed E-state index contributed by atoms with van der Waals surface area (Å²) >= 11 is 0. The molecule has 1 aliphatic rings. The molecule has 0 saturated carbocycles. The van der Waals surface area contributed by atoms with Crippen molar-refractivity contribution >= 4 is 17.3 Å². The van der Waals surface area contributed by atoms with Gasteiger partial charge < -0.3 is 15.5 Å². The summed E-state index contributed by atoms with van der Waals surface area (Å²) in [6, 6.07) is 10.8. The minimum atomic E-state index is 0.715. The van der Waals surface area contributed by atoms with E-state index in [-0.39, 0.29) is 0 Å². The van der Waals surface area contributed by atoms with Crippen LogP contribution in [0.5, 0.6) is 0 Å². The minimum absolute atomic E-state index is 0.715. The number of aromatic nitrogens is 2. The van der Waals surface area contributed by atoms with E-state index < -0.39 is 0 Å². The van der Waals surface area contributed by atoms with Crippen molar-refractivity contribution in [3.63, 3.8) is 0 Å². The third-order valence-electron chi connectivity index (χ3n) is 5.33. The molecule has 2 N–H and O–H groups in total. The first-order chi connectivity index (χ1) is 12.7. The van der Waals surface area contributed by atoms with Crippen LogP contribution in [-0.4, -0.2) is 36.6 Å². The maximum absolute atomic E-state index is 6.44. The van der Waals surface area contributed by atoms with E-state index >= 15 is 0 Å². The Labute approximate surface area is 157 Å². The molecule has 1 aromatic carbocycles. The molecule has 1 fully saturated rings. The number of anilines is 3. The highest BCUT2D eigenvalue weighted by Crippen LogP contribution is 2.32. The number of nitrogens with zero attached hydrogens (tertiary/aromatic N) is 4. The predicted octanol–water partition coefficient (Wildman–Crippen LogP) is 3.75. The Morgan fingerprint density at radius 3 is 2.58 bits per heavy atom. The number of rotatable bonds is 7. The van der Waals surface area contributed by atoms with Crippen molar-refractivity contribution in [2.75, 3.05) is 42.2 Å². The van der Waals surface area contributed by atoms with Crippen LogP contribution in [0.3, 0.4) is 0 Å². The number of nitrogen functional groups attached to an aromatic ring is 1. The van der Waals surface area contributed by atoms with Gasteiger partial charge in [0.1, 0.15) is 12.0 Å². The molecule has 2 heterocycles. The smallest absolute Gasteiger partial charge is 0.157 e. The second-order valence-corrected chi connectivity index (χ2v) is 7.33. The zero-order valence-corrected chi connectivity index (χ0v) is 16.1. The van der Waals surface area contributed by atoms with E-state index in [1.165, 1.54) is 24.8 Å². The molecule has 26 heavy (non-hydrogen) atoms. The number of hydrogen-bond donors (Lipinski definition) is 1. The highest BCUT2D eigenvalue weighted by atomic mass is 15.2. The lowest BCUT2D eigenvalue weighted by Gasteiger charge is -2.34. The molecule has 0 unspecified atom stereocenters. The largest absolute Gasteiger partial charge is 0.393 e. The van der Waals surface area contributed by atoms with E-state index in [4.69, 9.17) is 5.73 Å². The summed E-state index contributed by atoms with van der Waals surface area (Å²) in [6.45, 7) is 5.19. The van der Waals surface area contributed by atoms with Gasteiger partial charge in [-0.2, -0.15) is 0 Å². The molecule has 2 aromatic rings. The lowest BCUT2D eigenvalue weighted by molar-refractivity contribution is 0.402. The number of nitrogens with two attached hydrogens (primary N) is 1. The van der Waals surface area contributed by atoms with E-state index in [0.717, 1.165) is 50.0 Å². The quantitative estimate of drug-likeness (QED) is 0.821. The third kappa shape index (κ3) is 4.45. The first-order valence-electron chi connectivity index (χ1n) is 9.79. The predicted molar refractivity (Wildman–Crippen MR) is 110 cm³/mol. The Balaban J connectivity index is 1.62. The normalized spacial score (nSPS) is 15.2. The van der Waals surface area contributed by atoms with Crippen molar-refractivity contribution in [3.8, 4) is 0 Å². The Bertz CT molecular complexity index is 680. The van der Waals surface area contributed by atoms with E-state index in [0.29, 0.717) is 5.69 Å². The molecule has 140 valence electrons. The van der Waals surface area contributed by atoms with Gasteiger partial charge in [-0.1, -0.05) is 43.7 Å². The molecule has 0 amide bonds. The second-order valence-electron chi connectivity index (χ2n) is 7.33. The molecule has 0 radical (unpaired) electrons. The van der Waals surface area contributed by atoms with Gasteiger partial charge in [-0.15, -0.1) is 0 Å². The molecule has 1 aliphatic heterocycles. The van der Waals surface area contributed by atoms with Crippen LogP contribution in [0.25, 0.3) is 0 Å². The molecule has 1 saturated heterocycles. The van der Waals surface area contributed by atoms with Crippen molar-refractivity contribution in [3.05, 3.63) is 42.2 Å². The lowest BCUT2D eigenvalue weighted by Crippen LogP contribution is -2.35. The van der Waals surface area contributed by atoms with Gasteiger partial charge in [-0.3, -0.25) is 0 Å². The van der Waals surface area contributed by atoms with Crippen molar-refractivity contribution in [1.82, 2.24) is 9.97 Å². The summed E-state index contributed by atoms with van der Waals surface area (Å²) in [5.41, 5.74) is 8.59. The summed E-state index contributed by atoms with van der Waals surface area (Å²) in [5.74, 6) is 2.50. The average molecular weight is 354 g/mol. The second kappa shape index (κ2) is 8.88. The summed E-state index contributed by atoms with van der Waals surface area (Å²) in [4.78, 5) is 13.4. The zero-order valence-electron chi connectivity index (χ0n) is 16.1. The monoisotopic (exact) mass is 353 g/mol. The summed E-state index contributed by atoms with van der Waals surface area (Å²) in [5, 5.41) is 0. The van der Waals surface area contributed by atoms with Gasteiger partial charge in [0.15, 0.2) is 11.6 Å². The lowest BCUT2D eigenvalue weighted by atomic mass is 9.90. The van der Waals surface area contributed by atoms with Crippen LogP contribution in [-0.2, 0) is 6.42 Å². The first kappa shape index (κ1) is 18.5. The fourth-order valence-corrected chi connectivity index (χ4v) is 3.73. The van der Waals surface area contributed by atoms with Crippen LogP contribution < -0.4 is 15.5 Å². The van der Waals surface area contributed by atoms with Crippen LogP contribution in [0.2, 0.25) is 0 Å². The SMILES string of the molecule is CCCCN(C)c1ncnc(N2CCC(Cc3ccccc3)CC2)c1N. The zero-order chi connectivity index (χ0) is 18.4. The molecule has 1 aromatic heterocycles. The van der Waals surface area contributed by atoms with E-state index in [9.17, 15) is 0 Å². The fourth-order valence-electron chi connectivity index (χ4n) is 3.73. The van der Waals surface area contributed by atoms with Crippen LogP contribution >= 0.6 is 0 Å². The summed E-state index contributed by atoms with van der Waals surface area (Å²) < 4.78 is 0. The Morgan fingerprint density at radius 2 is 1.88 bits per heavy atom. The van der Waals surface area contributed by atoms with Gasteiger partial charge in [0.2, 0.25) is 0 Å². The first-order valence-corrected chi connectivity index (χ1v) is 9.79. The molecule has 0 aliphatic carbocycles. The van der Waals surface area contributed by atoms with Crippen molar-refractivity contribution < 1.29 is 0 Å². The fraction of sp³-hybridized carbons (Fsp3) is 0.524. The molecule has 0 spiro atoms. The summed E-state index contributed by atoms with van der Waals surface area (Å²) in [6.07, 6.45) is 7.48. The molecule has 3 rings (SSSR count). The van der Waals surface area contributed by atoms with Crippen LogP contribution in [0, 0.1) is 5.92 Å². The standard InChI is InChI=1S/C21H31N5/c1-3-4-12-25(2)20-19(22)21(24-16-23-20)26-13-10-18(11-14-26)15-17-8-6-5-7-9-17/h5-9,16,18H,3-4,10-15,22H2,1-2H3. The van der Waals surface area contributed by atoms with Gasteiger partial charge in [-0.05, 0) is 37.2 Å². The van der Waals surface area contributed by atoms with Crippen molar-refractivity contribution in [1.29, 1.82) is 0 Å². The maximum Gasteiger partial charge on any atom is 0.157 e. The van der Waals surface area contributed by atoms with Crippen molar-refractivity contribution in [2.24, 2.45) is 5.92 Å². The number of unbranched alkanes of at least 4 members (excludes halogenated alkanes) is 1. The minimum Gasteiger partial charge on any atom is -0.393 e. The highest BCUT2D eigenvalue weighted by Gasteiger charge is 2.23. The van der Waals surface area contributed by atoms with Gasteiger partial charge >= 0.3 is 0 Å². The van der Waals surface area contributed by atoms with Gasteiger partial charge in [0, 0.05) is 26.7 Å². The van der Waals surface area contributed by atoms with Crippen LogP contribution in [0.4, 0.5) is 17.3 Å². The Hall–Kier alpha value is -2.30. The van der Waals surface area contributed by atoms with Crippen LogP contribution in [0.1, 0.15) is 38.2 Å². The Morgan fingerprint density at radius 1 is 1.15 bits per heavy atom. The molecule has 5 heteroatoms. The average Bonchev–Trinajstić information content (AvgIpc) is 2.68. The van der Waals surface area contributed by atoms with Gasteiger partial charge in [0.25, 0.3) is 0 Å². The van der Waals surface area contributed by atoms with E-state index in [2.05, 4.69) is 64.1 Å².